The summed E-state index contributed by atoms with van der Waals surface area (Å²) in [6, 6.07) is 61.5. The predicted octanol–water partition coefficient (Wildman–Crippen LogP) is 12.3. The summed E-state index contributed by atoms with van der Waals surface area (Å²) in [5.74, 6) is 2.02. The van der Waals surface area contributed by atoms with Crippen molar-refractivity contribution in [3.63, 3.8) is 0 Å². The first-order chi connectivity index (χ1) is 25.7. The molecule has 244 valence electrons. The maximum atomic E-state index is 6.46. The molecule has 0 saturated heterocycles. The molecule has 0 N–H and O–H groups in total. The van der Waals surface area contributed by atoms with E-state index in [1.54, 1.807) is 0 Å². The molecule has 0 aliphatic rings. The van der Waals surface area contributed by atoms with Crippen molar-refractivity contribution in [2.75, 3.05) is 0 Å². The zero-order chi connectivity index (χ0) is 34.4. The van der Waals surface area contributed by atoms with E-state index < -0.39 is 0 Å². The number of benzene rings is 8. The van der Waals surface area contributed by atoms with Crippen LogP contribution in [0.15, 0.2) is 180 Å². The minimum absolute atomic E-state index is 0.522. The number of nitrogens with zero attached hydrogens (tertiary/aromatic N) is 3. The SMILES string of the molecule is c1ccc(-c2nc(Cc3cccc4oc5ccc(-c6ccc(-c7ccccc7)c7ccccc67)cc5c34)nc(-c3ccc4ccccc4c3)n2)cc1. The van der Waals surface area contributed by atoms with E-state index in [1.165, 1.54) is 32.8 Å². The second kappa shape index (κ2) is 12.4. The molecule has 0 aliphatic carbocycles. The number of furan rings is 1. The summed E-state index contributed by atoms with van der Waals surface area (Å²) in [6.07, 6.45) is 0.522. The lowest BCUT2D eigenvalue weighted by molar-refractivity contribution is 0.668. The lowest BCUT2D eigenvalue weighted by atomic mass is 9.91. The highest BCUT2D eigenvalue weighted by atomic mass is 16.3. The second-order valence-corrected chi connectivity index (χ2v) is 13.2. The van der Waals surface area contributed by atoms with Crippen LogP contribution in [0.4, 0.5) is 0 Å². The van der Waals surface area contributed by atoms with E-state index in [0.29, 0.717) is 23.9 Å². The predicted molar refractivity (Wildman–Crippen MR) is 213 cm³/mol. The smallest absolute Gasteiger partial charge is 0.163 e. The first kappa shape index (κ1) is 30.0. The van der Waals surface area contributed by atoms with Gasteiger partial charge in [-0.25, -0.2) is 15.0 Å². The van der Waals surface area contributed by atoms with Crippen LogP contribution in [0.5, 0.6) is 0 Å². The van der Waals surface area contributed by atoms with Crippen molar-refractivity contribution in [1.29, 1.82) is 0 Å². The number of hydrogen-bond donors (Lipinski definition) is 0. The fraction of sp³-hybridized carbons (Fsp3) is 0.0208. The molecule has 0 saturated carbocycles. The fourth-order valence-corrected chi connectivity index (χ4v) is 7.48. The van der Waals surface area contributed by atoms with Crippen molar-refractivity contribution in [1.82, 2.24) is 15.0 Å². The Kier molecular flexibility index (Phi) is 7.17. The Morgan fingerprint density at radius 3 is 1.79 bits per heavy atom. The molecule has 0 amide bonds. The molecule has 10 aromatic rings. The Morgan fingerprint density at radius 2 is 1.02 bits per heavy atom. The van der Waals surface area contributed by atoms with Crippen LogP contribution in [0.3, 0.4) is 0 Å². The number of rotatable bonds is 6. The Morgan fingerprint density at radius 1 is 0.385 bits per heavy atom. The zero-order valence-corrected chi connectivity index (χ0v) is 28.2. The largest absolute Gasteiger partial charge is 0.456 e. The van der Waals surface area contributed by atoms with E-state index in [0.717, 1.165) is 49.6 Å². The van der Waals surface area contributed by atoms with Crippen LogP contribution in [0.2, 0.25) is 0 Å². The fourth-order valence-electron chi connectivity index (χ4n) is 7.48. The molecule has 4 heteroatoms. The van der Waals surface area contributed by atoms with E-state index in [-0.39, 0.29) is 0 Å². The van der Waals surface area contributed by atoms with E-state index in [1.807, 2.05) is 36.4 Å². The van der Waals surface area contributed by atoms with E-state index in [4.69, 9.17) is 19.4 Å². The summed E-state index contributed by atoms with van der Waals surface area (Å²) in [7, 11) is 0. The van der Waals surface area contributed by atoms with Gasteiger partial charge in [-0.15, -0.1) is 0 Å². The maximum absolute atomic E-state index is 6.46. The molecule has 2 heterocycles. The molecule has 10 rings (SSSR count). The van der Waals surface area contributed by atoms with E-state index in [2.05, 4.69) is 140 Å². The first-order valence-electron chi connectivity index (χ1n) is 17.6. The lowest BCUT2D eigenvalue weighted by Gasteiger charge is -2.12. The molecular formula is C48H31N3O. The van der Waals surface area contributed by atoms with Crippen molar-refractivity contribution in [3.05, 3.63) is 187 Å². The van der Waals surface area contributed by atoms with E-state index >= 15 is 0 Å². The molecule has 0 fully saturated rings. The Hall–Kier alpha value is -6.91. The minimum Gasteiger partial charge on any atom is -0.456 e. The molecule has 0 bridgehead atoms. The van der Waals surface area contributed by atoms with Crippen LogP contribution in [0, 0.1) is 0 Å². The number of fused-ring (bicyclic) bond motifs is 5. The average molecular weight is 666 g/mol. The standard InChI is InChI=1S/C48H31N3O/c1-3-13-32(14-4-1)38-25-26-39(41-20-10-9-19-40(38)41)35-24-27-43-42(29-35)46-36(18-11-21-44(46)52-43)30-45-49-47(33-15-5-2-6-16-33)51-48(50-45)37-23-22-31-12-7-8-17-34(31)28-37/h1-29H,30H2. The van der Waals surface area contributed by atoms with Gasteiger partial charge in [0.25, 0.3) is 0 Å². The van der Waals surface area contributed by atoms with Crippen LogP contribution < -0.4 is 0 Å². The van der Waals surface area contributed by atoms with Gasteiger partial charge in [-0.2, -0.15) is 0 Å². The van der Waals surface area contributed by atoms with Gasteiger partial charge in [0.15, 0.2) is 11.6 Å². The molecule has 8 aromatic carbocycles. The van der Waals surface area contributed by atoms with Gasteiger partial charge < -0.3 is 4.42 Å². The van der Waals surface area contributed by atoms with Crippen LogP contribution in [-0.2, 0) is 6.42 Å². The van der Waals surface area contributed by atoms with Gasteiger partial charge in [0, 0.05) is 28.3 Å². The lowest BCUT2D eigenvalue weighted by Crippen LogP contribution is -2.04. The van der Waals surface area contributed by atoms with Gasteiger partial charge in [-0.3, -0.25) is 0 Å². The molecular weight excluding hydrogens is 635 g/mol. The molecule has 0 aliphatic heterocycles. The minimum atomic E-state index is 0.522. The summed E-state index contributed by atoms with van der Waals surface area (Å²) in [5, 5.41) is 6.94. The Labute approximate surface area is 300 Å². The number of hydrogen-bond acceptors (Lipinski definition) is 4. The summed E-state index contributed by atoms with van der Waals surface area (Å²) in [6.45, 7) is 0. The van der Waals surface area contributed by atoms with Gasteiger partial charge in [0.05, 0.1) is 0 Å². The molecule has 0 atom stereocenters. The Bertz CT molecular complexity index is 2930. The highest BCUT2D eigenvalue weighted by Crippen LogP contribution is 2.39. The topological polar surface area (TPSA) is 51.8 Å². The maximum Gasteiger partial charge on any atom is 0.163 e. The van der Waals surface area contributed by atoms with Crippen LogP contribution in [0.25, 0.3) is 88.5 Å². The molecule has 0 unspecified atom stereocenters. The third-order valence-corrected chi connectivity index (χ3v) is 9.97. The third-order valence-electron chi connectivity index (χ3n) is 9.97. The van der Waals surface area contributed by atoms with Gasteiger partial charge in [0.2, 0.25) is 0 Å². The third kappa shape index (κ3) is 5.29. The van der Waals surface area contributed by atoms with Crippen molar-refractivity contribution in [2.45, 2.75) is 6.42 Å². The normalized spacial score (nSPS) is 11.5. The summed E-state index contributed by atoms with van der Waals surface area (Å²) in [5.41, 5.74) is 9.50. The molecule has 4 nitrogen and oxygen atoms in total. The molecule has 2 aromatic heterocycles. The molecule has 52 heavy (non-hydrogen) atoms. The van der Waals surface area contributed by atoms with Crippen LogP contribution in [0.1, 0.15) is 11.4 Å². The number of aromatic nitrogens is 3. The van der Waals surface area contributed by atoms with Crippen LogP contribution >= 0.6 is 0 Å². The average Bonchev–Trinajstić information content (AvgIpc) is 3.60. The highest BCUT2D eigenvalue weighted by molar-refractivity contribution is 6.10. The van der Waals surface area contributed by atoms with Gasteiger partial charge in [-0.05, 0) is 73.6 Å². The molecule has 0 spiro atoms. The Balaban J connectivity index is 1.10. The van der Waals surface area contributed by atoms with Crippen molar-refractivity contribution in [2.24, 2.45) is 0 Å². The van der Waals surface area contributed by atoms with Gasteiger partial charge >= 0.3 is 0 Å². The van der Waals surface area contributed by atoms with Crippen molar-refractivity contribution >= 4 is 43.5 Å². The second-order valence-electron chi connectivity index (χ2n) is 13.2. The van der Waals surface area contributed by atoms with E-state index in [9.17, 15) is 0 Å². The van der Waals surface area contributed by atoms with Crippen molar-refractivity contribution < 1.29 is 4.42 Å². The summed E-state index contributed by atoms with van der Waals surface area (Å²) >= 11 is 0. The molecule has 0 radical (unpaired) electrons. The van der Waals surface area contributed by atoms with Crippen LogP contribution in [-0.4, -0.2) is 15.0 Å². The first-order valence-corrected chi connectivity index (χ1v) is 17.6. The van der Waals surface area contributed by atoms with Gasteiger partial charge in [-0.1, -0.05) is 152 Å². The summed E-state index contributed by atoms with van der Waals surface area (Å²) < 4.78 is 6.46. The zero-order valence-electron chi connectivity index (χ0n) is 28.2. The monoisotopic (exact) mass is 665 g/mol. The quantitative estimate of drug-likeness (QED) is 0.177. The summed E-state index contributed by atoms with van der Waals surface area (Å²) in [4.78, 5) is 15.1. The van der Waals surface area contributed by atoms with Crippen molar-refractivity contribution in [3.8, 4) is 45.0 Å². The highest BCUT2D eigenvalue weighted by Gasteiger charge is 2.17. The van der Waals surface area contributed by atoms with Gasteiger partial charge in [0.1, 0.15) is 17.0 Å².